The molecule has 0 radical (unpaired) electrons. The van der Waals surface area contributed by atoms with Gasteiger partial charge in [0.15, 0.2) is 6.10 Å². The minimum Gasteiger partial charge on any atom is -0.433 e. The first-order chi connectivity index (χ1) is 15.3. The van der Waals surface area contributed by atoms with Crippen LogP contribution in [-0.2, 0) is 14.3 Å². The van der Waals surface area contributed by atoms with E-state index < -0.39 is 0 Å². The van der Waals surface area contributed by atoms with Gasteiger partial charge in [0, 0.05) is 10.8 Å². The van der Waals surface area contributed by atoms with Crippen LogP contribution in [0.15, 0.2) is 11.6 Å². The van der Waals surface area contributed by atoms with Crippen molar-refractivity contribution in [2.24, 2.45) is 56.7 Å². The van der Waals surface area contributed by atoms with Crippen molar-refractivity contribution in [2.45, 2.75) is 113 Å². The van der Waals surface area contributed by atoms with Crippen LogP contribution in [0.1, 0.15) is 100 Å². The van der Waals surface area contributed by atoms with Crippen molar-refractivity contribution in [3.63, 3.8) is 0 Å². The lowest BCUT2D eigenvalue weighted by molar-refractivity contribution is -0.292. The van der Waals surface area contributed by atoms with Crippen molar-refractivity contribution in [3.05, 3.63) is 11.6 Å². The number of carbonyl (C=O) groups is 1. The van der Waals surface area contributed by atoms with Crippen LogP contribution < -0.4 is 0 Å². The van der Waals surface area contributed by atoms with E-state index in [0.717, 1.165) is 17.8 Å². The fraction of sp³-hybridized carbons (Fsp3) is 0.900. The molecule has 0 N–H and O–H groups in total. The molecule has 10 atom stereocenters. The smallest absolute Gasteiger partial charge is 0.338 e. The average Bonchev–Trinajstić information content (AvgIpc) is 3.27. The fourth-order valence-electron chi connectivity index (χ4n) is 11.4. The Morgan fingerprint density at radius 1 is 0.879 bits per heavy atom. The second-order valence-electron chi connectivity index (χ2n) is 14.8. The monoisotopic (exact) mass is 454 g/mol. The number of hydrogen-bond donors (Lipinski definition) is 0. The molecule has 0 unspecified atom stereocenters. The molecule has 0 spiro atoms. The third kappa shape index (κ3) is 2.40. The zero-order valence-corrected chi connectivity index (χ0v) is 22.3. The summed E-state index contributed by atoms with van der Waals surface area (Å²) in [5.74, 6) is 3.14. The van der Waals surface area contributed by atoms with E-state index in [9.17, 15) is 4.79 Å². The molecule has 2 bridgehead atoms. The molecule has 3 heteroatoms. The van der Waals surface area contributed by atoms with Crippen molar-refractivity contribution >= 4 is 5.97 Å². The Balaban J connectivity index is 1.44. The van der Waals surface area contributed by atoms with Gasteiger partial charge in [0.1, 0.15) is 0 Å². The molecule has 4 aliphatic carbocycles. The van der Waals surface area contributed by atoms with Gasteiger partial charge < -0.3 is 9.47 Å². The van der Waals surface area contributed by atoms with Crippen LogP contribution in [0.5, 0.6) is 0 Å². The highest BCUT2D eigenvalue weighted by Crippen LogP contribution is 2.77. The van der Waals surface area contributed by atoms with Gasteiger partial charge in [-0.25, -0.2) is 4.79 Å². The van der Waals surface area contributed by atoms with E-state index in [1.807, 2.05) is 0 Å². The molecule has 0 aromatic heterocycles. The van der Waals surface area contributed by atoms with E-state index in [1.165, 1.54) is 44.9 Å². The zero-order valence-electron chi connectivity index (χ0n) is 22.3. The number of hydrogen-bond acceptors (Lipinski definition) is 3. The van der Waals surface area contributed by atoms with Gasteiger partial charge in [-0.1, -0.05) is 67.0 Å². The number of rotatable bonds is 1. The van der Waals surface area contributed by atoms with Gasteiger partial charge in [-0.15, -0.1) is 0 Å². The Morgan fingerprint density at radius 2 is 1.58 bits per heavy atom. The molecular weight excluding hydrogens is 408 g/mol. The first kappa shape index (κ1) is 22.6. The third-order valence-corrected chi connectivity index (χ3v) is 13.2. The summed E-state index contributed by atoms with van der Waals surface area (Å²) in [5, 5.41) is 0. The molecule has 5 fully saturated rings. The average molecular weight is 455 g/mol. The summed E-state index contributed by atoms with van der Waals surface area (Å²) in [6.07, 6.45) is 10.9. The first-order valence-electron chi connectivity index (χ1n) is 13.9. The van der Waals surface area contributed by atoms with Gasteiger partial charge in [-0.05, 0) is 90.8 Å². The lowest BCUT2D eigenvalue weighted by Crippen LogP contribution is -2.68. The number of fused-ring (bicyclic) bond motifs is 10. The van der Waals surface area contributed by atoms with Crippen LogP contribution >= 0.6 is 0 Å². The number of ether oxygens (including phenoxy) is 2. The topological polar surface area (TPSA) is 35.5 Å². The highest BCUT2D eigenvalue weighted by atomic mass is 16.8. The van der Waals surface area contributed by atoms with E-state index in [4.69, 9.17) is 9.47 Å². The molecule has 184 valence electrons. The summed E-state index contributed by atoms with van der Waals surface area (Å²) in [6, 6.07) is 0. The van der Waals surface area contributed by atoms with Crippen LogP contribution in [0.4, 0.5) is 0 Å². The van der Waals surface area contributed by atoms with Crippen LogP contribution in [-0.4, -0.2) is 18.4 Å². The maximum Gasteiger partial charge on any atom is 0.338 e. The predicted molar refractivity (Wildman–Crippen MR) is 130 cm³/mol. The van der Waals surface area contributed by atoms with E-state index in [2.05, 4.69) is 61.5 Å². The summed E-state index contributed by atoms with van der Waals surface area (Å²) in [6.45, 7) is 19.7. The minimum atomic E-state index is -0.382. The van der Waals surface area contributed by atoms with Gasteiger partial charge in [0.2, 0.25) is 6.29 Å². The summed E-state index contributed by atoms with van der Waals surface area (Å²) in [5.41, 5.74) is 2.38. The van der Waals surface area contributed by atoms with Crippen molar-refractivity contribution in [1.82, 2.24) is 0 Å². The first-order valence-corrected chi connectivity index (χ1v) is 13.9. The molecule has 0 amide bonds. The Labute approximate surface area is 201 Å². The molecule has 2 heterocycles. The van der Waals surface area contributed by atoms with Crippen molar-refractivity contribution in [3.8, 4) is 0 Å². The molecule has 6 aliphatic rings. The molecular formula is C30H46O3. The molecule has 0 aromatic rings. The fourth-order valence-corrected chi connectivity index (χ4v) is 11.4. The number of carbonyl (C=O) groups excluding carboxylic acids is 1. The van der Waals surface area contributed by atoms with E-state index in [1.54, 1.807) is 5.57 Å². The van der Waals surface area contributed by atoms with Gasteiger partial charge in [0.05, 0.1) is 0 Å². The second kappa shape index (κ2) is 6.48. The Hall–Kier alpha value is -0.830. The molecule has 3 saturated carbocycles. The quantitative estimate of drug-likeness (QED) is 0.312. The molecule has 2 aliphatic heterocycles. The van der Waals surface area contributed by atoms with Gasteiger partial charge >= 0.3 is 5.97 Å². The minimum absolute atomic E-state index is 0.0945. The van der Waals surface area contributed by atoms with E-state index >= 15 is 0 Å². The normalized spacial score (nSPS) is 56.4. The van der Waals surface area contributed by atoms with Gasteiger partial charge in [-0.3, -0.25) is 0 Å². The van der Waals surface area contributed by atoms with Gasteiger partial charge in [0.25, 0.3) is 0 Å². The molecule has 0 aromatic carbocycles. The lowest BCUT2D eigenvalue weighted by Gasteiger charge is -2.72. The molecule has 3 nitrogen and oxygen atoms in total. The Bertz CT molecular complexity index is 918. The standard InChI is InChI=1S/C30H46O3/c1-17(2)18-11-14-27(5)19(18)12-15-28(6)21(27)9-10-22-29(28,7)16-13-20-26(3,4)25-32-23(24(31)33-25)30(20,22)8/h12,17-18,20-23,25H,9-11,13-16H2,1-8H3/t18-,20-,21+,22-,23+,25-,27-,28+,29+,30-/m0/s1. The molecule has 2 saturated heterocycles. The molecule has 6 rings (SSSR count). The summed E-state index contributed by atoms with van der Waals surface area (Å²) < 4.78 is 12.2. The van der Waals surface area contributed by atoms with Crippen molar-refractivity contribution < 1.29 is 14.3 Å². The van der Waals surface area contributed by atoms with Crippen LogP contribution in [0.25, 0.3) is 0 Å². The highest BCUT2D eigenvalue weighted by molar-refractivity contribution is 5.78. The largest absolute Gasteiger partial charge is 0.433 e. The van der Waals surface area contributed by atoms with Crippen LogP contribution in [0.2, 0.25) is 0 Å². The third-order valence-electron chi connectivity index (χ3n) is 13.2. The van der Waals surface area contributed by atoms with Crippen molar-refractivity contribution in [1.29, 1.82) is 0 Å². The maximum atomic E-state index is 13.1. The Morgan fingerprint density at radius 3 is 2.27 bits per heavy atom. The van der Waals surface area contributed by atoms with Crippen LogP contribution in [0.3, 0.4) is 0 Å². The maximum absolute atomic E-state index is 13.1. The molecule has 33 heavy (non-hydrogen) atoms. The summed E-state index contributed by atoms with van der Waals surface area (Å²) in [7, 11) is 0. The summed E-state index contributed by atoms with van der Waals surface area (Å²) in [4.78, 5) is 13.1. The van der Waals surface area contributed by atoms with Crippen LogP contribution in [0, 0.1) is 56.7 Å². The summed E-state index contributed by atoms with van der Waals surface area (Å²) >= 11 is 0. The zero-order chi connectivity index (χ0) is 23.8. The number of allylic oxidation sites excluding steroid dienone is 2. The van der Waals surface area contributed by atoms with E-state index in [-0.39, 0.29) is 40.0 Å². The van der Waals surface area contributed by atoms with Crippen molar-refractivity contribution in [2.75, 3.05) is 0 Å². The van der Waals surface area contributed by atoms with Gasteiger partial charge in [-0.2, -0.15) is 0 Å². The number of esters is 1. The van der Waals surface area contributed by atoms with E-state index in [0.29, 0.717) is 17.3 Å². The highest BCUT2D eigenvalue weighted by Gasteiger charge is 2.74. The predicted octanol–water partition coefficient (Wildman–Crippen LogP) is 7.15. The SMILES string of the molecule is CC(C)[C@@H]1CC[C@@]2(C)C1=CC[C@]1(C)[C@@H]2CC[C@@H]2[C@@]3(C)[C@@H]4O[C@@H](OC4=O)C(C)(C)[C@@H]3CC[C@]21C. The lowest BCUT2D eigenvalue weighted by atomic mass is 9.33. The second-order valence-corrected chi connectivity index (χ2v) is 14.8. The Kier molecular flexibility index (Phi) is 4.44.